The van der Waals surface area contributed by atoms with Crippen molar-refractivity contribution in [2.45, 2.75) is 117 Å². The van der Waals surface area contributed by atoms with Crippen LogP contribution in [0.15, 0.2) is 71.3 Å². The highest BCUT2D eigenvalue weighted by Gasteiger charge is 2.55. The molecule has 3 aromatic heterocycles. The number of anilines is 1. The fourth-order valence-corrected chi connectivity index (χ4v) is 9.24. The first kappa shape index (κ1) is 50.6. The SMILES string of the molecule is COc1ccc(COC(=O)C2=C(C[n+]3cccc4c3ccn4CCCN(C)C(=O)OC(C)(C)C)CSC3C(NC(=O)/C(=N/OC(C)(C)C)c4nc(NC(=O)OC(C)(C)C)sc4Cl)C(=O)N23)cc1. The van der Waals surface area contributed by atoms with Crippen LogP contribution in [0, 0.1) is 0 Å². The topological polar surface area (TPSA) is 196 Å². The number of halogens is 1. The molecule has 0 spiro atoms. The molecule has 1 fully saturated rings. The van der Waals surface area contributed by atoms with E-state index >= 15 is 0 Å². The fourth-order valence-electron chi connectivity index (χ4n) is 6.87. The predicted octanol–water partition coefficient (Wildman–Crippen LogP) is 7.27. The Kier molecular flexibility index (Phi) is 15.5. The van der Waals surface area contributed by atoms with Crippen molar-refractivity contribution in [3.05, 3.63) is 81.7 Å². The minimum absolute atomic E-state index is 0.0224. The van der Waals surface area contributed by atoms with Crippen molar-refractivity contribution in [2.75, 3.05) is 31.8 Å². The Morgan fingerprint density at radius 1 is 0.985 bits per heavy atom. The van der Waals surface area contributed by atoms with Gasteiger partial charge >= 0.3 is 18.2 Å². The number of benzene rings is 1. The van der Waals surface area contributed by atoms with Crippen molar-refractivity contribution < 1.29 is 52.3 Å². The lowest BCUT2D eigenvalue weighted by molar-refractivity contribution is -0.663. The Morgan fingerprint density at radius 2 is 1.69 bits per heavy atom. The number of aromatic nitrogens is 3. The van der Waals surface area contributed by atoms with E-state index in [9.17, 15) is 24.0 Å². The minimum atomic E-state index is -1.08. The number of methoxy groups -OCH3 is 1. The van der Waals surface area contributed by atoms with Gasteiger partial charge in [-0.3, -0.25) is 19.8 Å². The Balaban J connectivity index is 1.24. The van der Waals surface area contributed by atoms with Crippen LogP contribution in [0.25, 0.3) is 11.0 Å². The van der Waals surface area contributed by atoms with Gasteiger partial charge in [0.2, 0.25) is 5.52 Å². The standard InChI is InChI=1S/C46H57ClN8O10S2/c1-44(2,3)63-42(59)50-41-49-32(36(47)67-41)33(51-65-46(7,8)9)37(56)48-34-38(57)55-35(40(58)62-25-27-15-17-29(61-11)18-16-27)28(26-66-39(34)55)24-54-21-12-14-30-31(54)19-23-53(30)22-13-20-52(10)43(60)64-45(4,5)6/h12,14-19,21,23,34,39H,13,20,22,24-26H2,1-11H3,(H-,48,49,50,56,59)/p+1/b51-33+. The van der Waals surface area contributed by atoms with Gasteiger partial charge in [0, 0.05) is 49.8 Å². The quantitative estimate of drug-likeness (QED) is 0.0303. The summed E-state index contributed by atoms with van der Waals surface area (Å²) in [6.45, 7) is 17.1. The second-order valence-electron chi connectivity index (χ2n) is 18.8. The molecule has 21 heteroatoms. The minimum Gasteiger partial charge on any atom is -0.497 e. The number of esters is 1. The lowest BCUT2D eigenvalue weighted by Gasteiger charge is -2.49. The molecule has 0 radical (unpaired) electrons. The summed E-state index contributed by atoms with van der Waals surface area (Å²) in [6, 6.07) is 11.9. The van der Waals surface area contributed by atoms with Crippen LogP contribution in [0.1, 0.15) is 80.0 Å². The molecule has 360 valence electrons. The molecule has 4 aromatic rings. The first-order valence-corrected chi connectivity index (χ1v) is 23.8. The summed E-state index contributed by atoms with van der Waals surface area (Å²) >= 11 is 8.85. The summed E-state index contributed by atoms with van der Waals surface area (Å²) in [4.78, 5) is 80.6. The van der Waals surface area contributed by atoms with Gasteiger partial charge in [0.05, 0.1) is 7.11 Å². The first-order valence-electron chi connectivity index (χ1n) is 21.5. The third-order valence-electron chi connectivity index (χ3n) is 9.87. The van der Waals surface area contributed by atoms with E-state index < -0.39 is 52.1 Å². The number of β-lactam (4-membered cyclic amide) rings is 1. The molecule has 0 saturated carbocycles. The zero-order chi connectivity index (χ0) is 49.0. The van der Waals surface area contributed by atoms with Crippen molar-refractivity contribution in [3.63, 3.8) is 0 Å². The molecular weight excluding hydrogens is 924 g/mol. The number of oxime groups is 1. The molecule has 18 nitrogen and oxygen atoms in total. The van der Waals surface area contributed by atoms with Gasteiger partial charge in [-0.2, -0.15) is 4.57 Å². The van der Waals surface area contributed by atoms with Crippen LogP contribution < -0.4 is 19.9 Å². The maximum Gasteiger partial charge on any atom is 0.413 e. The molecular formula is C46H58ClN8O10S2+. The van der Waals surface area contributed by atoms with Crippen LogP contribution >= 0.6 is 34.7 Å². The normalized spacial score (nSPS) is 16.5. The number of hydrogen-bond acceptors (Lipinski definition) is 14. The highest BCUT2D eigenvalue weighted by molar-refractivity contribution is 8.00. The van der Waals surface area contributed by atoms with Gasteiger partial charge in [0.15, 0.2) is 23.6 Å². The van der Waals surface area contributed by atoms with Crippen LogP contribution in [0.3, 0.4) is 0 Å². The maximum absolute atomic E-state index is 14.3. The number of carbonyl (C=O) groups excluding carboxylic acids is 5. The zero-order valence-electron chi connectivity index (χ0n) is 39.6. The largest absolute Gasteiger partial charge is 0.497 e. The number of fused-ring (bicyclic) bond motifs is 2. The van der Waals surface area contributed by atoms with E-state index in [1.807, 2.05) is 55.9 Å². The van der Waals surface area contributed by atoms with E-state index in [0.717, 1.165) is 22.4 Å². The number of nitrogens with zero attached hydrogens (tertiary/aromatic N) is 6. The van der Waals surface area contributed by atoms with Gasteiger partial charge in [0.25, 0.3) is 11.8 Å². The number of thioether (sulfide) groups is 1. The van der Waals surface area contributed by atoms with E-state index in [1.54, 1.807) is 84.9 Å². The number of amides is 4. The monoisotopic (exact) mass is 981 g/mol. The lowest BCUT2D eigenvalue weighted by Crippen LogP contribution is -2.71. The summed E-state index contributed by atoms with van der Waals surface area (Å²) < 4.78 is 26.1. The molecule has 4 amide bonds. The molecule has 67 heavy (non-hydrogen) atoms. The summed E-state index contributed by atoms with van der Waals surface area (Å²) in [5.41, 5.74) is 0.656. The van der Waals surface area contributed by atoms with Crippen LogP contribution in [0.5, 0.6) is 5.75 Å². The highest BCUT2D eigenvalue weighted by Crippen LogP contribution is 2.41. The Labute approximate surface area is 402 Å². The average Bonchev–Trinajstić information content (AvgIpc) is 3.82. The van der Waals surface area contributed by atoms with E-state index in [0.29, 0.717) is 42.1 Å². The van der Waals surface area contributed by atoms with Gasteiger partial charge in [-0.15, -0.1) is 11.8 Å². The average molecular weight is 983 g/mol. The molecule has 5 heterocycles. The lowest BCUT2D eigenvalue weighted by atomic mass is 10.0. The van der Waals surface area contributed by atoms with Gasteiger partial charge in [-0.05, 0) is 92.5 Å². The second kappa shape index (κ2) is 20.6. The van der Waals surface area contributed by atoms with Crippen LogP contribution in [0.2, 0.25) is 4.34 Å². The number of aryl methyl sites for hydroxylation is 1. The highest BCUT2D eigenvalue weighted by atomic mass is 35.5. The molecule has 2 N–H and O–H groups in total. The molecule has 6 rings (SSSR count). The van der Waals surface area contributed by atoms with Crippen molar-refractivity contribution in [3.8, 4) is 5.75 Å². The molecule has 0 aliphatic carbocycles. The number of pyridine rings is 1. The number of hydrogen-bond donors (Lipinski definition) is 2. The van der Waals surface area contributed by atoms with Gasteiger partial charge in [-0.1, -0.05) is 40.2 Å². The molecule has 2 unspecified atom stereocenters. The van der Waals surface area contributed by atoms with E-state index in [2.05, 4.69) is 25.3 Å². The summed E-state index contributed by atoms with van der Waals surface area (Å²) in [6.07, 6.45) is 3.41. The van der Waals surface area contributed by atoms with Gasteiger partial charge in [-0.25, -0.2) is 19.4 Å². The first-order chi connectivity index (χ1) is 31.4. The number of ether oxygens (including phenoxy) is 4. The second-order valence-corrected chi connectivity index (χ2v) is 21.5. The third-order valence-corrected chi connectivity index (χ3v) is 12.4. The smallest absolute Gasteiger partial charge is 0.413 e. The van der Waals surface area contributed by atoms with Crippen LogP contribution in [0.4, 0.5) is 14.7 Å². The summed E-state index contributed by atoms with van der Waals surface area (Å²) in [7, 11) is 3.28. The summed E-state index contributed by atoms with van der Waals surface area (Å²) in [5.74, 6) is -1.10. The zero-order valence-corrected chi connectivity index (χ0v) is 41.9. The van der Waals surface area contributed by atoms with Crippen molar-refractivity contribution >= 4 is 86.5 Å². The number of rotatable bonds is 15. The number of nitrogens with one attached hydrogen (secondary N) is 2. The molecule has 1 saturated heterocycles. The Morgan fingerprint density at radius 3 is 2.34 bits per heavy atom. The fraction of sp³-hybridized carbons (Fsp3) is 0.478. The van der Waals surface area contributed by atoms with Gasteiger partial charge in [0.1, 0.15) is 61.8 Å². The predicted molar refractivity (Wildman–Crippen MR) is 255 cm³/mol. The molecule has 2 atom stereocenters. The van der Waals surface area contributed by atoms with E-state index in [1.165, 1.54) is 16.7 Å². The van der Waals surface area contributed by atoms with Gasteiger partial charge < -0.3 is 38.6 Å². The van der Waals surface area contributed by atoms with E-state index in [-0.39, 0.29) is 45.8 Å². The Hall–Kier alpha value is -5.86. The summed E-state index contributed by atoms with van der Waals surface area (Å²) in [5, 5.41) is 8.78. The molecule has 0 bridgehead atoms. The maximum atomic E-state index is 14.3. The third kappa shape index (κ3) is 13.0. The Bertz CT molecular complexity index is 2570. The van der Waals surface area contributed by atoms with Crippen LogP contribution in [-0.2, 0) is 53.1 Å². The molecule has 2 aliphatic heterocycles. The molecule has 2 aliphatic rings. The molecule has 1 aromatic carbocycles. The number of thiazole rings is 1. The number of carbonyl (C=O) groups is 5. The van der Waals surface area contributed by atoms with Crippen molar-refractivity contribution in [2.24, 2.45) is 5.16 Å². The van der Waals surface area contributed by atoms with Crippen molar-refractivity contribution in [1.29, 1.82) is 0 Å². The van der Waals surface area contributed by atoms with Crippen LogP contribution in [-0.4, -0.2) is 110 Å². The van der Waals surface area contributed by atoms with E-state index in [4.69, 9.17) is 35.4 Å². The van der Waals surface area contributed by atoms with Crippen molar-refractivity contribution in [1.82, 2.24) is 24.7 Å².